The van der Waals surface area contributed by atoms with Crippen molar-refractivity contribution in [3.63, 3.8) is 0 Å². The Morgan fingerprint density at radius 3 is 2.43 bits per heavy atom. The molecule has 2 heterocycles. The number of carbonyl (C=O) groups excluding carboxylic acids is 2. The number of hydrogen-bond acceptors (Lipinski definition) is 5. The summed E-state index contributed by atoms with van der Waals surface area (Å²) in [5.41, 5.74) is 7.91. The van der Waals surface area contributed by atoms with E-state index in [0.717, 1.165) is 31.2 Å². The molecule has 0 aliphatic heterocycles. The van der Waals surface area contributed by atoms with Crippen LogP contribution in [0.2, 0.25) is 5.02 Å². The molecule has 2 aromatic heterocycles. The normalized spacial score (nSPS) is 18.9. The number of anilines is 1. The van der Waals surface area contributed by atoms with Gasteiger partial charge in [-0.05, 0) is 37.8 Å². The van der Waals surface area contributed by atoms with E-state index in [0.29, 0.717) is 22.2 Å². The van der Waals surface area contributed by atoms with Crippen LogP contribution in [0, 0.1) is 0 Å². The van der Waals surface area contributed by atoms with Crippen molar-refractivity contribution in [3.05, 3.63) is 47.4 Å². The van der Waals surface area contributed by atoms with Gasteiger partial charge < -0.3 is 16.4 Å². The number of nitrogens with two attached hydrogens (primary N) is 1. The minimum absolute atomic E-state index is 0.00365. The first-order chi connectivity index (χ1) is 14.4. The quantitative estimate of drug-likeness (QED) is 0.580. The van der Waals surface area contributed by atoms with Crippen LogP contribution in [-0.4, -0.2) is 38.3 Å². The van der Waals surface area contributed by atoms with E-state index in [2.05, 4.69) is 15.6 Å². The van der Waals surface area contributed by atoms with Gasteiger partial charge in [-0.3, -0.25) is 14.0 Å². The molecule has 0 atom stereocenters. The lowest BCUT2D eigenvalue weighted by molar-refractivity contribution is -0.119. The second kappa shape index (κ2) is 8.31. The van der Waals surface area contributed by atoms with Crippen LogP contribution in [-0.2, 0) is 4.79 Å². The monoisotopic (exact) mass is 426 g/mol. The number of rotatable bonds is 5. The third-order valence-corrected chi connectivity index (χ3v) is 5.61. The fourth-order valence-corrected chi connectivity index (χ4v) is 4.01. The van der Waals surface area contributed by atoms with Crippen LogP contribution >= 0.6 is 11.6 Å². The van der Waals surface area contributed by atoms with Crippen molar-refractivity contribution in [1.29, 1.82) is 0 Å². The highest BCUT2D eigenvalue weighted by atomic mass is 35.5. The molecule has 1 aromatic carbocycles. The lowest BCUT2D eigenvalue weighted by Gasteiger charge is -2.29. The second-order valence-electron chi connectivity index (χ2n) is 7.58. The second-order valence-corrected chi connectivity index (χ2v) is 8.01. The third-order valence-electron chi connectivity index (χ3n) is 5.36. The Bertz CT molecular complexity index is 1090. The number of primary amides is 1. The maximum absolute atomic E-state index is 11.9. The average Bonchev–Trinajstić information content (AvgIpc) is 3.15. The Morgan fingerprint density at radius 1 is 1.13 bits per heavy atom. The van der Waals surface area contributed by atoms with Gasteiger partial charge in [0.25, 0.3) is 5.91 Å². The van der Waals surface area contributed by atoms with Crippen LogP contribution in [0.15, 0.2) is 36.7 Å². The Morgan fingerprint density at radius 2 is 1.80 bits per heavy atom. The molecule has 4 N–H and O–H groups in total. The molecule has 4 rings (SSSR count). The Kier molecular flexibility index (Phi) is 5.59. The molecule has 0 radical (unpaired) electrons. The highest BCUT2D eigenvalue weighted by Gasteiger charge is 2.23. The zero-order valence-corrected chi connectivity index (χ0v) is 17.3. The SMILES string of the molecule is CC(=O)NC1CCC(Nc2ncc(C(N)=O)n3cc(-c4ccc(Cl)cc4)nc23)CC1. The van der Waals surface area contributed by atoms with Crippen LogP contribution in [0.4, 0.5) is 5.82 Å². The number of hydrogen-bond donors (Lipinski definition) is 3. The van der Waals surface area contributed by atoms with Gasteiger partial charge in [-0.1, -0.05) is 23.7 Å². The van der Waals surface area contributed by atoms with E-state index >= 15 is 0 Å². The van der Waals surface area contributed by atoms with E-state index in [1.165, 1.54) is 6.20 Å². The summed E-state index contributed by atoms with van der Waals surface area (Å²) in [4.78, 5) is 32.3. The molecule has 156 valence electrons. The number of benzene rings is 1. The largest absolute Gasteiger partial charge is 0.364 e. The van der Waals surface area contributed by atoms with Crippen molar-refractivity contribution in [2.75, 3.05) is 5.32 Å². The van der Waals surface area contributed by atoms with Gasteiger partial charge in [0.2, 0.25) is 5.91 Å². The average molecular weight is 427 g/mol. The first-order valence-corrected chi connectivity index (χ1v) is 10.3. The highest BCUT2D eigenvalue weighted by molar-refractivity contribution is 6.30. The molecule has 1 saturated carbocycles. The number of fused-ring (bicyclic) bond motifs is 1. The summed E-state index contributed by atoms with van der Waals surface area (Å²) >= 11 is 5.99. The van der Waals surface area contributed by atoms with Crippen molar-refractivity contribution in [2.24, 2.45) is 5.73 Å². The molecule has 1 aliphatic carbocycles. The molecular formula is C21H23ClN6O2. The molecule has 30 heavy (non-hydrogen) atoms. The van der Waals surface area contributed by atoms with Crippen molar-refractivity contribution >= 4 is 34.9 Å². The molecule has 0 saturated heterocycles. The van der Waals surface area contributed by atoms with Gasteiger partial charge in [0.15, 0.2) is 11.5 Å². The summed E-state index contributed by atoms with van der Waals surface area (Å²) in [6.45, 7) is 1.54. The van der Waals surface area contributed by atoms with Crippen molar-refractivity contribution < 1.29 is 9.59 Å². The summed E-state index contributed by atoms with van der Waals surface area (Å²) in [5, 5.41) is 7.08. The number of amides is 2. The maximum atomic E-state index is 11.9. The molecule has 3 aromatic rings. The summed E-state index contributed by atoms with van der Waals surface area (Å²) in [6.07, 6.45) is 6.85. The minimum Gasteiger partial charge on any atom is -0.364 e. The van der Waals surface area contributed by atoms with Gasteiger partial charge in [0.05, 0.1) is 11.9 Å². The van der Waals surface area contributed by atoms with Crippen molar-refractivity contribution in [3.8, 4) is 11.3 Å². The van der Waals surface area contributed by atoms with Crippen molar-refractivity contribution in [2.45, 2.75) is 44.7 Å². The molecule has 0 unspecified atom stereocenters. The van der Waals surface area contributed by atoms with Crippen LogP contribution in [0.25, 0.3) is 16.9 Å². The fraction of sp³-hybridized carbons (Fsp3) is 0.333. The zero-order valence-electron chi connectivity index (χ0n) is 16.6. The predicted octanol–water partition coefficient (Wildman–Crippen LogP) is 3.01. The molecular weight excluding hydrogens is 404 g/mol. The predicted molar refractivity (Wildman–Crippen MR) is 115 cm³/mol. The highest BCUT2D eigenvalue weighted by Crippen LogP contribution is 2.27. The summed E-state index contributed by atoms with van der Waals surface area (Å²) < 4.78 is 1.67. The van der Waals surface area contributed by atoms with E-state index in [1.54, 1.807) is 29.7 Å². The fourth-order valence-electron chi connectivity index (χ4n) is 3.88. The van der Waals surface area contributed by atoms with E-state index in [1.807, 2.05) is 12.1 Å². The zero-order chi connectivity index (χ0) is 21.3. The van der Waals surface area contributed by atoms with E-state index in [-0.39, 0.29) is 23.7 Å². The topological polar surface area (TPSA) is 114 Å². The van der Waals surface area contributed by atoms with Crippen LogP contribution in [0.5, 0.6) is 0 Å². The molecule has 9 heteroatoms. The van der Waals surface area contributed by atoms with Crippen LogP contribution in [0.1, 0.15) is 43.1 Å². The Labute approximate surface area is 178 Å². The molecule has 0 spiro atoms. The third kappa shape index (κ3) is 4.23. The van der Waals surface area contributed by atoms with E-state index in [9.17, 15) is 9.59 Å². The van der Waals surface area contributed by atoms with E-state index in [4.69, 9.17) is 22.3 Å². The smallest absolute Gasteiger partial charge is 0.267 e. The lowest BCUT2D eigenvalue weighted by Crippen LogP contribution is -2.39. The number of aromatic nitrogens is 3. The van der Waals surface area contributed by atoms with Gasteiger partial charge >= 0.3 is 0 Å². The molecule has 8 nitrogen and oxygen atoms in total. The van der Waals surface area contributed by atoms with Gasteiger partial charge in [0, 0.05) is 35.8 Å². The lowest BCUT2D eigenvalue weighted by atomic mass is 9.91. The Balaban J connectivity index is 1.62. The summed E-state index contributed by atoms with van der Waals surface area (Å²) in [5.74, 6) is 0.0297. The van der Waals surface area contributed by atoms with Crippen LogP contribution < -0.4 is 16.4 Å². The summed E-state index contributed by atoms with van der Waals surface area (Å²) in [7, 11) is 0. The number of nitrogens with one attached hydrogen (secondary N) is 2. The first kappa shape index (κ1) is 20.2. The molecule has 1 aliphatic rings. The number of imidazole rings is 1. The number of nitrogens with zero attached hydrogens (tertiary/aromatic N) is 3. The van der Waals surface area contributed by atoms with Gasteiger partial charge in [-0.2, -0.15) is 0 Å². The van der Waals surface area contributed by atoms with Crippen molar-refractivity contribution in [1.82, 2.24) is 19.7 Å². The maximum Gasteiger partial charge on any atom is 0.267 e. The van der Waals surface area contributed by atoms with Gasteiger partial charge in [-0.25, -0.2) is 9.97 Å². The number of carbonyl (C=O) groups is 2. The van der Waals surface area contributed by atoms with Gasteiger partial charge in [-0.15, -0.1) is 0 Å². The Hall–Kier alpha value is -3.13. The first-order valence-electron chi connectivity index (χ1n) is 9.88. The van der Waals surface area contributed by atoms with E-state index < -0.39 is 5.91 Å². The summed E-state index contributed by atoms with van der Waals surface area (Å²) in [6, 6.07) is 7.76. The molecule has 2 amide bonds. The number of halogens is 1. The molecule has 0 bridgehead atoms. The minimum atomic E-state index is -0.574. The van der Waals surface area contributed by atoms with Crippen LogP contribution in [0.3, 0.4) is 0 Å². The molecule has 1 fully saturated rings. The van der Waals surface area contributed by atoms with Gasteiger partial charge in [0.1, 0.15) is 5.69 Å². The standard InChI is InChI=1S/C21H23ClN6O2/c1-12(29)25-15-6-8-16(9-7-15)26-20-21-27-17(13-2-4-14(22)5-3-13)11-28(21)18(10-24-20)19(23)30/h2-5,10-11,15-16H,6-9H2,1H3,(H2,23,30)(H,24,26)(H,25,29).